The van der Waals surface area contributed by atoms with E-state index in [1.807, 2.05) is 0 Å². The van der Waals surface area contributed by atoms with Crippen LogP contribution in [0.2, 0.25) is 0 Å². The van der Waals surface area contributed by atoms with E-state index in [0.717, 1.165) is 35.4 Å². The van der Waals surface area contributed by atoms with Crippen molar-refractivity contribution in [2.24, 2.45) is 0 Å². The second-order valence-corrected chi connectivity index (χ2v) is 8.38. The van der Waals surface area contributed by atoms with Gasteiger partial charge in [-0.05, 0) is 41.5 Å². The molecule has 0 saturated carbocycles. The highest BCUT2D eigenvalue weighted by Crippen LogP contribution is 2.49. The van der Waals surface area contributed by atoms with Gasteiger partial charge in [-0.2, -0.15) is 13.2 Å². The molecule has 192 valence electrons. The van der Waals surface area contributed by atoms with Crippen molar-refractivity contribution in [2.45, 2.75) is 30.5 Å². The second kappa shape index (κ2) is 9.23. The lowest BCUT2D eigenvalue weighted by Gasteiger charge is -2.32. The minimum absolute atomic E-state index is 0.127. The van der Waals surface area contributed by atoms with Crippen molar-refractivity contribution in [1.82, 2.24) is 4.98 Å². The van der Waals surface area contributed by atoms with Crippen LogP contribution in [0.4, 0.5) is 40.8 Å². The number of anilines is 1. The SMILES string of the molecule is O[C@H](CN1CC(Cc2ccc(F)cn2)(c2cccc(OC(F)(F)F)c2)c2cccc(F)c21)C(F)(F)F. The largest absolute Gasteiger partial charge is 0.573 e. The molecular formula is C24H18F8N2O2. The number of ether oxygens (including phenoxy) is 1. The van der Waals surface area contributed by atoms with E-state index in [-0.39, 0.29) is 35.5 Å². The molecule has 4 rings (SSSR count). The summed E-state index contributed by atoms with van der Waals surface area (Å²) in [6.45, 7) is -1.36. The van der Waals surface area contributed by atoms with Gasteiger partial charge in [0.15, 0.2) is 6.10 Å². The third-order valence-electron chi connectivity index (χ3n) is 5.94. The summed E-state index contributed by atoms with van der Waals surface area (Å²) in [5, 5.41) is 9.71. The van der Waals surface area contributed by atoms with E-state index in [9.17, 15) is 40.2 Å². The Morgan fingerprint density at radius 1 is 1.00 bits per heavy atom. The molecule has 2 aromatic carbocycles. The van der Waals surface area contributed by atoms with Crippen molar-refractivity contribution in [2.75, 3.05) is 18.0 Å². The molecule has 0 radical (unpaired) electrons. The summed E-state index contributed by atoms with van der Waals surface area (Å²) in [5.41, 5.74) is -1.05. The number of rotatable bonds is 6. The number of benzene rings is 2. The number of β-amino-alcohol motifs (C(OH)–C–C–N with tert-alkyl or cyclic N) is 1. The van der Waals surface area contributed by atoms with Crippen LogP contribution < -0.4 is 9.64 Å². The van der Waals surface area contributed by atoms with Crippen LogP contribution in [0.25, 0.3) is 0 Å². The topological polar surface area (TPSA) is 45.6 Å². The molecule has 1 aromatic heterocycles. The van der Waals surface area contributed by atoms with Crippen molar-refractivity contribution in [1.29, 1.82) is 0 Å². The highest BCUT2D eigenvalue weighted by Gasteiger charge is 2.49. The van der Waals surface area contributed by atoms with E-state index in [1.165, 1.54) is 30.3 Å². The van der Waals surface area contributed by atoms with Gasteiger partial charge in [-0.1, -0.05) is 24.3 Å². The normalized spacial score (nSPS) is 18.8. The van der Waals surface area contributed by atoms with Crippen LogP contribution in [0, 0.1) is 11.6 Å². The highest BCUT2D eigenvalue weighted by molar-refractivity contribution is 5.68. The number of alkyl halides is 6. The van der Waals surface area contributed by atoms with Crippen molar-refractivity contribution >= 4 is 5.69 Å². The summed E-state index contributed by atoms with van der Waals surface area (Å²) in [6, 6.07) is 11.0. The smallest absolute Gasteiger partial charge is 0.406 e. The van der Waals surface area contributed by atoms with Crippen molar-refractivity contribution in [3.63, 3.8) is 0 Å². The molecular weight excluding hydrogens is 500 g/mol. The molecule has 1 N–H and O–H groups in total. The lowest BCUT2D eigenvalue weighted by atomic mass is 9.72. The predicted octanol–water partition coefficient (Wildman–Crippen LogP) is 5.53. The summed E-state index contributed by atoms with van der Waals surface area (Å²) in [7, 11) is 0. The van der Waals surface area contributed by atoms with Gasteiger partial charge >= 0.3 is 12.5 Å². The molecule has 0 spiro atoms. The zero-order valence-electron chi connectivity index (χ0n) is 18.2. The number of hydrogen-bond donors (Lipinski definition) is 1. The van der Waals surface area contributed by atoms with Gasteiger partial charge in [-0.3, -0.25) is 4.98 Å². The molecule has 12 heteroatoms. The van der Waals surface area contributed by atoms with Gasteiger partial charge in [0.1, 0.15) is 17.4 Å². The first kappa shape index (κ1) is 25.7. The number of aliphatic hydroxyl groups is 1. The first-order valence-electron chi connectivity index (χ1n) is 10.5. The number of halogens is 8. The molecule has 36 heavy (non-hydrogen) atoms. The monoisotopic (exact) mass is 518 g/mol. The van der Waals surface area contributed by atoms with E-state index < -0.39 is 48.0 Å². The van der Waals surface area contributed by atoms with Crippen LogP contribution in [0.15, 0.2) is 60.8 Å². The molecule has 0 bridgehead atoms. The average Bonchev–Trinajstić information content (AvgIpc) is 3.09. The fourth-order valence-electron chi connectivity index (χ4n) is 4.49. The fraction of sp³-hybridized carbons (Fsp3) is 0.292. The van der Waals surface area contributed by atoms with Crippen LogP contribution in [0.3, 0.4) is 0 Å². The van der Waals surface area contributed by atoms with Crippen molar-refractivity contribution in [3.8, 4) is 5.75 Å². The third kappa shape index (κ3) is 5.23. The van der Waals surface area contributed by atoms with E-state index in [0.29, 0.717) is 0 Å². The van der Waals surface area contributed by atoms with Crippen molar-refractivity contribution in [3.05, 3.63) is 89.2 Å². The molecule has 4 nitrogen and oxygen atoms in total. The average molecular weight is 518 g/mol. The Bertz CT molecular complexity index is 1230. The standard InChI is InChI=1S/C24H18F8N2O2/c25-15-7-8-16(33-11-15)10-22(14-3-1-4-17(9-14)36-24(30,31)32)13-34(12-20(35)23(27,28)29)21-18(22)5-2-6-19(21)26/h1-9,11,20,35H,10,12-13H2/t20-,22?/m1/s1. The minimum Gasteiger partial charge on any atom is -0.406 e. The zero-order chi connectivity index (χ0) is 26.3. The van der Waals surface area contributed by atoms with Crippen LogP contribution in [0.1, 0.15) is 16.8 Å². The van der Waals surface area contributed by atoms with Gasteiger partial charge in [-0.15, -0.1) is 13.2 Å². The molecule has 0 aliphatic carbocycles. The van der Waals surface area contributed by atoms with Gasteiger partial charge in [0, 0.05) is 24.1 Å². The zero-order valence-corrected chi connectivity index (χ0v) is 18.2. The van der Waals surface area contributed by atoms with Gasteiger partial charge in [0.05, 0.1) is 18.4 Å². The Balaban J connectivity index is 1.88. The minimum atomic E-state index is -5.01. The number of nitrogens with zero attached hydrogens (tertiary/aromatic N) is 2. The Morgan fingerprint density at radius 3 is 2.36 bits per heavy atom. The molecule has 3 aromatic rings. The number of hydrogen-bond acceptors (Lipinski definition) is 4. The second-order valence-electron chi connectivity index (χ2n) is 8.38. The van der Waals surface area contributed by atoms with E-state index in [1.54, 1.807) is 0 Å². The van der Waals surface area contributed by atoms with E-state index in [2.05, 4.69) is 9.72 Å². The Labute approximate surface area is 199 Å². The van der Waals surface area contributed by atoms with Gasteiger partial charge in [0.2, 0.25) is 0 Å². The number of aromatic nitrogens is 1. The molecule has 1 aliphatic rings. The van der Waals surface area contributed by atoms with Gasteiger partial charge in [0.25, 0.3) is 0 Å². The summed E-state index contributed by atoms with van der Waals surface area (Å²) < 4.78 is 111. The van der Waals surface area contributed by atoms with Crippen LogP contribution in [0.5, 0.6) is 5.75 Å². The Hall–Kier alpha value is -3.41. The quantitative estimate of drug-likeness (QED) is 0.436. The molecule has 0 saturated heterocycles. The Morgan fingerprint density at radius 2 is 1.72 bits per heavy atom. The van der Waals surface area contributed by atoms with Crippen LogP contribution in [-0.2, 0) is 11.8 Å². The lowest BCUT2D eigenvalue weighted by molar-refractivity contribution is -0.274. The summed E-state index contributed by atoms with van der Waals surface area (Å²) in [5.74, 6) is -2.11. The fourth-order valence-corrected chi connectivity index (χ4v) is 4.49. The third-order valence-corrected chi connectivity index (χ3v) is 5.94. The lowest BCUT2D eigenvalue weighted by Crippen LogP contribution is -2.44. The molecule has 2 heterocycles. The summed E-state index contributed by atoms with van der Waals surface area (Å²) >= 11 is 0. The summed E-state index contributed by atoms with van der Waals surface area (Å²) in [6.07, 6.45) is -12.0. The first-order valence-corrected chi connectivity index (χ1v) is 10.5. The number of aliphatic hydroxyl groups excluding tert-OH is 1. The molecule has 0 amide bonds. The summed E-state index contributed by atoms with van der Waals surface area (Å²) in [4.78, 5) is 4.99. The van der Waals surface area contributed by atoms with Crippen LogP contribution >= 0.6 is 0 Å². The first-order chi connectivity index (χ1) is 16.8. The number of pyridine rings is 1. The van der Waals surface area contributed by atoms with E-state index in [4.69, 9.17) is 0 Å². The number of para-hydroxylation sites is 1. The maximum atomic E-state index is 15.0. The predicted molar refractivity (Wildman–Crippen MR) is 112 cm³/mol. The molecule has 2 atom stereocenters. The maximum absolute atomic E-state index is 15.0. The Kier molecular flexibility index (Phi) is 6.58. The van der Waals surface area contributed by atoms with Crippen molar-refractivity contribution < 1.29 is 45.0 Å². The van der Waals surface area contributed by atoms with E-state index >= 15 is 0 Å². The molecule has 0 fully saturated rings. The van der Waals surface area contributed by atoms with Gasteiger partial charge in [-0.25, -0.2) is 8.78 Å². The van der Waals surface area contributed by atoms with Gasteiger partial charge < -0.3 is 14.7 Å². The number of fused-ring (bicyclic) bond motifs is 1. The van der Waals surface area contributed by atoms with Crippen LogP contribution in [-0.4, -0.2) is 41.8 Å². The molecule has 1 unspecified atom stereocenters. The highest BCUT2D eigenvalue weighted by atomic mass is 19.4. The molecule has 1 aliphatic heterocycles. The maximum Gasteiger partial charge on any atom is 0.573 e.